The summed E-state index contributed by atoms with van der Waals surface area (Å²) in [6.45, 7) is 10.0. The van der Waals surface area contributed by atoms with Gasteiger partial charge in [0.2, 0.25) is 0 Å². The second-order valence-electron chi connectivity index (χ2n) is 5.62. The van der Waals surface area contributed by atoms with Crippen molar-refractivity contribution in [1.29, 1.82) is 0 Å². The SMILES string of the molecule is C=COC(C)CCc1ccc(-c2ccccc2C)c(C)c1. The minimum absolute atomic E-state index is 0.221. The Labute approximate surface area is 128 Å². The third kappa shape index (κ3) is 3.98. The standard InChI is InChI=1S/C20H24O/c1-5-21-17(4)10-11-18-12-13-20(16(3)14-18)19-9-7-6-8-15(19)2/h5-9,12-14,17H,1,10-11H2,2-4H3. The third-order valence-corrected chi connectivity index (χ3v) is 3.89. The van der Waals surface area contributed by atoms with E-state index >= 15 is 0 Å². The highest BCUT2D eigenvalue weighted by atomic mass is 16.5. The highest BCUT2D eigenvalue weighted by Gasteiger charge is 2.07. The molecule has 2 aromatic rings. The van der Waals surface area contributed by atoms with Crippen LogP contribution in [0.4, 0.5) is 0 Å². The Morgan fingerprint density at radius 1 is 1.05 bits per heavy atom. The molecular weight excluding hydrogens is 256 g/mol. The molecule has 1 unspecified atom stereocenters. The number of ether oxygens (including phenoxy) is 1. The largest absolute Gasteiger partial charge is 0.499 e. The van der Waals surface area contributed by atoms with Crippen LogP contribution in [0.2, 0.25) is 0 Å². The lowest BCUT2D eigenvalue weighted by Crippen LogP contribution is -2.05. The minimum atomic E-state index is 0.221. The van der Waals surface area contributed by atoms with E-state index in [4.69, 9.17) is 4.74 Å². The molecule has 0 amide bonds. The lowest BCUT2D eigenvalue weighted by atomic mass is 9.94. The summed E-state index contributed by atoms with van der Waals surface area (Å²) in [4.78, 5) is 0. The monoisotopic (exact) mass is 280 g/mol. The topological polar surface area (TPSA) is 9.23 Å². The molecule has 1 heteroatoms. The van der Waals surface area contributed by atoms with E-state index in [1.54, 1.807) is 0 Å². The van der Waals surface area contributed by atoms with Crippen LogP contribution < -0.4 is 0 Å². The Hall–Kier alpha value is -2.02. The Balaban J connectivity index is 2.15. The van der Waals surface area contributed by atoms with Gasteiger partial charge in [-0.1, -0.05) is 49.0 Å². The summed E-state index contributed by atoms with van der Waals surface area (Å²) in [6, 6.07) is 15.3. The van der Waals surface area contributed by atoms with Crippen molar-refractivity contribution in [3.63, 3.8) is 0 Å². The predicted molar refractivity (Wildman–Crippen MR) is 90.4 cm³/mol. The zero-order valence-corrected chi connectivity index (χ0v) is 13.2. The van der Waals surface area contributed by atoms with Gasteiger partial charge in [-0.2, -0.15) is 0 Å². The average Bonchev–Trinajstić information content (AvgIpc) is 2.47. The fourth-order valence-corrected chi connectivity index (χ4v) is 2.66. The van der Waals surface area contributed by atoms with Crippen LogP contribution in [0, 0.1) is 13.8 Å². The molecule has 0 bridgehead atoms. The predicted octanol–water partition coefficient (Wildman–Crippen LogP) is 5.45. The Kier molecular flexibility index (Phi) is 5.21. The van der Waals surface area contributed by atoms with Crippen molar-refractivity contribution in [3.05, 3.63) is 72.0 Å². The molecule has 0 aromatic heterocycles. The zero-order valence-electron chi connectivity index (χ0n) is 13.2. The quantitative estimate of drug-likeness (QED) is 0.639. The maximum atomic E-state index is 5.37. The van der Waals surface area contributed by atoms with E-state index in [2.05, 4.69) is 69.8 Å². The fourth-order valence-electron chi connectivity index (χ4n) is 2.66. The first-order chi connectivity index (χ1) is 10.1. The van der Waals surface area contributed by atoms with Crippen LogP contribution in [-0.2, 0) is 11.2 Å². The van der Waals surface area contributed by atoms with Crippen LogP contribution in [0.5, 0.6) is 0 Å². The van der Waals surface area contributed by atoms with Crippen molar-refractivity contribution in [1.82, 2.24) is 0 Å². The van der Waals surface area contributed by atoms with Gasteiger partial charge in [-0.15, -0.1) is 0 Å². The maximum absolute atomic E-state index is 5.37. The summed E-state index contributed by atoms with van der Waals surface area (Å²) in [5, 5.41) is 0. The summed E-state index contributed by atoms with van der Waals surface area (Å²) >= 11 is 0. The lowest BCUT2D eigenvalue weighted by molar-refractivity contribution is 0.154. The second-order valence-corrected chi connectivity index (χ2v) is 5.62. The Morgan fingerprint density at radius 2 is 1.76 bits per heavy atom. The second kappa shape index (κ2) is 7.12. The molecule has 0 aliphatic heterocycles. The number of benzene rings is 2. The number of hydrogen-bond donors (Lipinski definition) is 0. The summed E-state index contributed by atoms with van der Waals surface area (Å²) in [5.41, 5.74) is 6.67. The maximum Gasteiger partial charge on any atom is 0.0953 e. The van der Waals surface area contributed by atoms with E-state index in [0.717, 1.165) is 12.8 Å². The van der Waals surface area contributed by atoms with Gasteiger partial charge in [0.15, 0.2) is 0 Å². The highest BCUT2D eigenvalue weighted by Crippen LogP contribution is 2.27. The van der Waals surface area contributed by atoms with Crippen molar-refractivity contribution in [2.45, 2.75) is 39.7 Å². The molecule has 0 spiro atoms. The van der Waals surface area contributed by atoms with Crippen molar-refractivity contribution >= 4 is 0 Å². The zero-order chi connectivity index (χ0) is 15.2. The highest BCUT2D eigenvalue weighted by molar-refractivity contribution is 5.70. The molecule has 0 saturated carbocycles. The number of hydrogen-bond acceptors (Lipinski definition) is 1. The van der Waals surface area contributed by atoms with Crippen LogP contribution in [0.15, 0.2) is 55.3 Å². The van der Waals surface area contributed by atoms with E-state index in [1.807, 2.05) is 0 Å². The van der Waals surface area contributed by atoms with Gasteiger partial charge in [0.05, 0.1) is 12.4 Å². The molecule has 0 aliphatic carbocycles. The average molecular weight is 280 g/mol. The van der Waals surface area contributed by atoms with Crippen LogP contribution in [0.1, 0.15) is 30.0 Å². The summed E-state index contributed by atoms with van der Waals surface area (Å²) in [6.07, 6.45) is 3.79. The van der Waals surface area contributed by atoms with Crippen LogP contribution in [-0.4, -0.2) is 6.10 Å². The van der Waals surface area contributed by atoms with Gasteiger partial charge in [-0.05, 0) is 61.4 Å². The normalized spacial score (nSPS) is 12.0. The van der Waals surface area contributed by atoms with Gasteiger partial charge in [-0.3, -0.25) is 0 Å². The first-order valence-electron chi connectivity index (χ1n) is 7.53. The smallest absolute Gasteiger partial charge is 0.0953 e. The van der Waals surface area contributed by atoms with Crippen molar-refractivity contribution in [3.8, 4) is 11.1 Å². The van der Waals surface area contributed by atoms with Crippen LogP contribution in [0.25, 0.3) is 11.1 Å². The molecule has 2 rings (SSSR count). The van der Waals surface area contributed by atoms with Crippen molar-refractivity contribution < 1.29 is 4.74 Å². The molecule has 0 N–H and O–H groups in total. The summed E-state index contributed by atoms with van der Waals surface area (Å²) in [5.74, 6) is 0. The summed E-state index contributed by atoms with van der Waals surface area (Å²) < 4.78 is 5.37. The van der Waals surface area contributed by atoms with E-state index in [9.17, 15) is 0 Å². The minimum Gasteiger partial charge on any atom is -0.499 e. The van der Waals surface area contributed by atoms with Crippen molar-refractivity contribution in [2.75, 3.05) is 0 Å². The van der Waals surface area contributed by atoms with Gasteiger partial charge in [0.25, 0.3) is 0 Å². The third-order valence-electron chi connectivity index (χ3n) is 3.89. The number of aryl methyl sites for hydroxylation is 3. The summed E-state index contributed by atoms with van der Waals surface area (Å²) in [7, 11) is 0. The molecule has 1 atom stereocenters. The van der Waals surface area contributed by atoms with E-state index < -0.39 is 0 Å². The molecule has 0 heterocycles. The number of rotatable bonds is 6. The van der Waals surface area contributed by atoms with Gasteiger partial charge >= 0.3 is 0 Å². The lowest BCUT2D eigenvalue weighted by Gasteiger charge is -2.13. The van der Waals surface area contributed by atoms with E-state index in [1.165, 1.54) is 34.1 Å². The molecule has 0 aliphatic rings. The van der Waals surface area contributed by atoms with Gasteiger partial charge < -0.3 is 4.74 Å². The van der Waals surface area contributed by atoms with Crippen LogP contribution >= 0.6 is 0 Å². The fraction of sp³-hybridized carbons (Fsp3) is 0.300. The molecular formula is C20H24O. The molecule has 2 aromatic carbocycles. The molecule has 0 radical (unpaired) electrons. The first-order valence-corrected chi connectivity index (χ1v) is 7.53. The molecule has 1 nitrogen and oxygen atoms in total. The Bertz CT molecular complexity index is 613. The molecule has 0 fully saturated rings. The molecule has 21 heavy (non-hydrogen) atoms. The van der Waals surface area contributed by atoms with Gasteiger partial charge in [0.1, 0.15) is 0 Å². The van der Waals surface area contributed by atoms with E-state index in [0.29, 0.717) is 0 Å². The van der Waals surface area contributed by atoms with E-state index in [-0.39, 0.29) is 6.10 Å². The van der Waals surface area contributed by atoms with Gasteiger partial charge in [-0.25, -0.2) is 0 Å². The Morgan fingerprint density at radius 3 is 2.43 bits per heavy atom. The first kappa shape index (κ1) is 15.4. The molecule has 110 valence electrons. The van der Waals surface area contributed by atoms with Crippen molar-refractivity contribution in [2.24, 2.45) is 0 Å². The van der Waals surface area contributed by atoms with Crippen LogP contribution in [0.3, 0.4) is 0 Å². The molecule has 0 saturated heterocycles. The van der Waals surface area contributed by atoms with Gasteiger partial charge in [0, 0.05) is 0 Å².